The molecule has 2 aliphatic heterocycles. The van der Waals surface area contributed by atoms with E-state index >= 15 is 0 Å². The van der Waals surface area contributed by atoms with Gasteiger partial charge in [0, 0.05) is 0 Å². The topological polar surface area (TPSA) is 221 Å². The van der Waals surface area contributed by atoms with Gasteiger partial charge in [0.05, 0.1) is 45.6 Å². The lowest BCUT2D eigenvalue weighted by Crippen LogP contribution is -2.67. The molecule has 0 saturated carbocycles. The summed E-state index contributed by atoms with van der Waals surface area (Å²) in [6, 6.07) is 62.5. The summed E-state index contributed by atoms with van der Waals surface area (Å²) in [6.07, 6.45) is -18.1. The monoisotopic (exact) mass is 1170 g/mol. The smallest absolute Gasteiger partial charge is 0.338 e. The lowest BCUT2D eigenvalue weighted by Gasteiger charge is -2.48. The highest BCUT2D eigenvalue weighted by Crippen LogP contribution is 2.37. The molecule has 87 heavy (non-hydrogen) atoms. The molecule has 0 unspecified atom stereocenters. The lowest BCUT2D eigenvalue weighted by molar-refractivity contribution is -0.357. The second-order valence-corrected chi connectivity index (χ2v) is 20.1. The van der Waals surface area contributed by atoms with Gasteiger partial charge in [0.1, 0.15) is 31.5 Å². The molecule has 2 heterocycles. The molecule has 18 heteroatoms. The quantitative estimate of drug-likeness (QED) is 0.0482. The molecule has 0 spiro atoms. The molecule has 0 N–H and O–H groups in total. The SMILES string of the molecule is Cc1ccc(CO[C@@H]2O[C@H](COC(=O)c3ccccc3)[C@@H](O[C@@H]3O[C@H](COC(=O)c4ccccc4)[C@H](OC(=O)c4ccccc4)[C@H](OC(=O)c4ccccc4)[C@H]3OC(=O)c3ccccc3)[C@H](OC(=O)c3ccccc3)[C@H]2OC(=O)c2ccccc2)cc1. The third-order valence-corrected chi connectivity index (χ3v) is 14.0. The van der Waals surface area contributed by atoms with Crippen molar-refractivity contribution in [2.75, 3.05) is 13.2 Å². The van der Waals surface area contributed by atoms with Gasteiger partial charge in [-0.1, -0.05) is 157 Å². The van der Waals surface area contributed by atoms with Gasteiger partial charge >= 0.3 is 41.8 Å². The van der Waals surface area contributed by atoms with E-state index in [4.69, 9.17) is 52.1 Å². The number of benzene rings is 8. The second kappa shape index (κ2) is 29.1. The Hall–Kier alpha value is -10.1. The zero-order chi connectivity index (χ0) is 60.5. The normalized spacial score (nSPS) is 21.4. The van der Waals surface area contributed by atoms with E-state index in [0.29, 0.717) is 5.56 Å². The molecule has 0 aliphatic carbocycles. The van der Waals surface area contributed by atoms with Crippen molar-refractivity contribution in [1.82, 2.24) is 0 Å². The molecule has 442 valence electrons. The highest BCUT2D eigenvalue weighted by molar-refractivity contribution is 5.93. The van der Waals surface area contributed by atoms with Crippen LogP contribution in [0.3, 0.4) is 0 Å². The number of rotatable bonds is 21. The number of carbonyl (C=O) groups excluding carboxylic acids is 7. The number of carbonyl (C=O) groups is 7. The van der Waals surface area contributed by atoms with Gasteiger partial charge in [0.2, 0.25) is 0 Å². The minimum absolute atomic E-state index is 0.00366. The molecule has 0 bridgehead atoms. The largest absolute Gasteiger partial charge is 0.459 e. The van der Waals surface area contributed by atoms with Crippen LogP contribution in [0.1, 0.15) is 83.6 Å². The fraction of sp³-hybridized carbons (Fsp3) is 0.203. The van der Waals surface area contributed by atoms with Crippen LogP contribution in [0.15, 0.2) is 237 Å². The molecule has 0 amide bonds. The molecular formula is C69H58O18. The third-order valence-electron chi connectivity index (χ3n) is 14.0. The van der Waals surface area contributed by atoms with Crippen molar-refractivity contribution < 1.29 is 85.7 Å². The average Bonchev–Trinajstić information content (AvgIpc) is 2.11. The van der Waals surface area contributed by atoms with Crippen LogP contribution in [0.25, 0.3) is 0 Å². The van der Waals surface area contributed by atoms with Crippen molar-refractivity contribution in [3.8, 4) is 0 Å². The van der Waals surface area contributed by atoms with Crippen LogP contribution in [0.5, 0.6) is 0 Å². The highest BCUT2D eigenvalue weighted by Gasteiger charge is 2.58. The van der Waals surface area contributed by atoms with Crippen LogP contribution in [-0.4, -0.2) is 116 Å². The van der Waals surface area contributed by atoms with Crippen molar-refractivity contribution in [3.63, 3.8) is 0 Å². The van der Waals surface area contributed by atoms with Crippen LogP contribution >= 0.6 is 0 Å². The fourth-order valence-electron chi connectivity index (χ4n) is 9.57. The van der Waals surface area contributed by atoms with Crippen LogP contribution in [0, 0.1) is 6.92 Å². The van der Waals surface area contributed by atoms with E-state index in [0.717, 1.165) is 5.56 Å². The van der Waals surface area contributed by atoms with Gasteiger partial charge in [-0.15, -0.1) is 0 Å². The summed E-state index contributed by atoms with van der Waals surface area (Å²) < 4.78 is 70.9. The van der Waals surface area contributed by atoms with E-state index in [-0.39, 0.29) is 45.6 Å². The number of hydrogen-bond acceptors (Lipinski definition) is 18. The molecule has 10 rings (SSSR count). The van der Waals surface area contributed by atoms with Crippen molar-refractivity contribution in [1.29, 1.82) is 0 Å². The lowest BCUT2D eigenvalue weighted by atomic mass is 9.95. The Morgan fingerprint density at radius 2 is 0.586 bits per heavy atom. The van der Waals surface area contributed by atoms with Gasteiger partial charge in [0.25, 0.3) is 0 Å². The first kappa shape index (κ1) is 60.0. The summed E-state index contributed by atoms with van der Waals surface area (Å²) in [4.78, 5) is 101. The molecule has 2 fully saturated rings. The van der Waals surface area contributed by atoms with Crippen LogP contribution in [0.2, 0.25) is 0 Å². The highest BCUT2D eigenvalue weighted by atomic mass is 16.8. The summed E-state index contributed by atoms with van der Waals surface area (Å²) in [5.74, 6) is -6.49. The van der Waals surface area contributed by atoms with E-state index in [1.807, 2.05) is 31.2 Å². The maximum Gasteiger partial charge on any atom is 0.338 e. The number of hydrogen-bond donors (Lipinski definition) is 0. The molecule has 0 radical (unpaired) electrons. The first-order valence-corrected chi connectivity index (χ1v) is 27.8. The standard InChI is InChI=1S/C69H58O18/c1-44-37-39-45(40-38-44)41-79-68-59(85-66(75)51-33-19-7-20-34-51)58(84-65(74)50-31-17-6-18-32-50)56(54(80-68)43-78-62(71)47-25-11-3-12-26-47)87-69-60(86-67(76)52-35-21-8-22-36-52)57(83-64(73)49-29-15-5-16-30-49)55(82-63(72)48-27-13-4-14-28-48)53(81-69)42-77-61(70)46-23-9-2-10-24-46/h2-40,53-60,68-69H,41-43H2,1H3/t53-,54-,55+,56-,57+,58+,59-,60-,68-,69+/m1/s1. The van der Waals surface area contributed by atoms with Crippen molar-refractivity contribution >= 4 is 41.8 Å². The molecule has 8 aromatic rings. The zero-order valence-electron chi connectivity index (χ0n) is 46.8. The Bertz CT molecular complexity index is 3580. The predicted octanol–water partition coefficient (Wildman–Crippen LogP) is 10.2. The van der Waals surface area contributed by atoms with Gasteiger partial charge in [-0.3, -0.25) is 0 Å². The Kier molecular flexibility index (Phi) is 20.1. The third kappa shape index (κ3) is 15.6. The summed E-state index contributed by atoms with van der Waals surface area (Å²) in [5.41, 5.74) is 2.09. The Labute approximate surface area is 500 Å². The van der Waals surface area contributed by atoms with Gasteiger partial charge in [0.15, 0.2) is 43.1 Å². The molecular weight excluding hydrogens is 1120 g/mol. The molecule has 8 aromatic carbocycles. The van der Waals surface area contributed by atoms with Crippen molar-refractivity contribution in [2.45, 2.75) is 74.9 Å². The van der Waals surface area contributed by atoms with Gasteiger partial charge < -0.3 is 52.1 Å². The maximum absolute atomic E-state index is 14.7. The predicted molar refractivity (Wildman–Crippen MR) is 310 cm³/mol. The average molecular weight is 1180 g/mol. The van der Waals surface area contributed by atoms with E-state index in [9.17, 15) is 33.6 Å². The minimum atomic E-state index is -2.06. The first-order chi connectivity index (χ1) is 42.4. The number of esters is 7. The zero-order valence-corrected chi connectivity index (χ0v) is 46.8. The van der Waals surface area contributed by atoms with Crippen LogP contribution < -0.4 is 0 Å². The fourth-order valence-corrected chi connectivity index (χ4v) is 9.57. The number of aryl methyl sites for hydroxylation is 1. The van der Waals surface area contributed by atoms with E-state index in [1.54, 1.807) is 127 Å². The molecule has 18 nitrogen and oxygen atoms in total. The second-order valence-electron chi connectivity index (χ2n) is 20.1. The molecule has 2 saturated heterocycles. The van der Waals surface area contributed by atoms with Crippen molar-refractivity contribution in [3.05, 3.63) is 287 Å². The van der Waals surface area contributed by atoms with Crippen LogP contribution in [0.4, 0.5) is 0 Å². The Morgan fingerprint density at radius 1 is 0.310 bits per heavy atom. The molecule has 2 aliphatic rings. The minimum Gasteiger partial charge on any atom is -0.459 e. The molecule has 0 aromatic heterocycles. The summed E-state index contributed by atoms with van der Waals surface area (Å²) in [6.45, 7) is 0.328. The van der Waals surface area contributed by atoms with Crippen molar-refractivity contribution in [2.24, 2.45) is 0 Å². The molecule has 10 atom stereocenters. The van der Waals surface area contributed by atoms with Gasteiger partial charge in [-0.25, -0.2) is 33.6 Å². The van der Waals surface area contributed by atoms with Gasteiger partial charge in [-0.05, 0) is 97.4 Å². The summed E-state index contributed by atoms with van der Waals surface area (Å²) >= 11 is 0. The van der Waals surface area contributed by atoms with E-state index in [1.165, 1.54) is 84.9 Å². The van der Waals surface area contributed by atoms with E-state index in [2.05, 4.69) is 0 Å². The Morgan fingerprint density at radius 3 is 0.943 bits per heavy atom. The number of ether oxygens (including phenoxy) is 11. The summed E-state index contributed by atoms with van der Waals surface area (Å²) in [5, 5.41) is 0. The maximum atomic E-state index is 14.7. The Balaban J connectivity index is 1.13. The first-order valence-electron chi connectivity index (χ1n) is 27.8. The summed E-state index contributed by atoms with van der Waals surface area (Å²) in [7, 11) is 0. The van der Waals surface area contributed by atoms with Crippen LogP contribution in [-0.2, 0) is 58.7 Å². The van der Waals surface area contributed by atoms with E-state index < -0.39 is 116 Å². The van der Waals surface area contributed by atoms with Gasteiger partial charge in [-0.2, -0.15) is 0 Å².